The van der Waals surface area contributed by atoms with Crippen molar-refractivity contribution in [3.8, 4) is 0 Å². The van der Waals surface area contributed by atoms with Crippen molar-refractivity contribution < 1.29 is 13.7 Å². The van der Waals surface area contributed by atoms with Crippen molar-refractivity contribution >= 4 is 34.5 Å². The van der Waals surface area contributed by atoms with Crippen LogP contribution in [0.3, 0.4) is 0 Å². The molecule has 4 heteroatoms. The molecule has 2 aromatic carbocycles. The molecule has 1 unspecified atom stereocenters. The lowest BCUT2D eigenvalue weighted by Crippen LogP contribution is -2.42. The van der Waals surface area contributed by atoms with Crippen LogP contribution < -0.4 is 5.46 Å². The second-order valence-electron chi connectivity index (χ2n) is 6.66. The van der Waals surface area contributed by atoms with E-state index in [1.165, 1.54) is 0 Å². The average molecular weight is 293 g/mol. The van der Waals surface area contributed by atoms with Gasteiger partial charge in [-0.1, -0.05) is 30.3 Å². The molecule has 110 valence electrons. The van der Waals surface area contributed by atoms with E-state index in [2.05, 4.69) is 19.1 Å². The number of furan rings is 1. The molecule has 1 aliphatic heterocycles. The van der Waals surface area contributed by atoms with Crippen LogP contribution in [0, 0.1) is 6.92 Å². The molecular weight excluding hydrogens is 275 g/mol. The molecule has 0 spiro atoms. The fourth-order valence-electron chi connectivity index (χ4n) is 2.82. The Morgan fingerprint density at radius 1 is 0.909 bits per heavy atom. The number of para-hydroxylation sites is 1. The SMILES string of the molecule is [CH2+]C1(C)OB(c2ccc3c(c2)oc2ccccc23)OC1(C)C. The van der Waals surface area contributed by atoms with Gasteiger partial charge in [0.25, 0.3) is 0 Å². The van der Waals surface area contributed by atoms with Crippen molar-refractivity contribution in [3.05, 3.63) is 49.4 Å². The molecule has 0 N–H and O–H groups in total. The summed E-state index contributed by atoms with van der Waals surface area (Å²) in [7, 11) is -0.421. The first kappa shape index (κ1) is 13.7. The summed E-state index contributed by atoms with van der Waals surface area (Å²) in [5.41, 5.74) is 1.67. The first-order valence-corrected chi connectivity index (χ1v) is 7.50. The molecule has 1 fully saturated rings. The minimum Gasteiger partial charge on any atom is -0.456 e. The summed E-state index contributed by atoms with van der Waals surface area (Å²) in [6.07, 6.45) is 0. The van der Waals surface area contributed by atoms with Crippen LogP contribution in [0.1, 0.15) is 20.8 Å². The largest absolute Gasteiger partial charge is 0.498 e. The third-order valence-corrected chi connectivity index (χ3v) is 4.72. The molecule has 1 aliphatic rings. The topological polar surface area (TPSA) is 31.6 Å². The molecule has 1 atom stereocenters. The van der Waals surface area contributed by atoms with Gasteiger partial charge in [-0.15, -0.1) is 0 Å². The van der Waals surface area contributed by atoms with Gasteiger partial charge in [0.05, 0.1) is 6.92 Å². The molecule has 2 heterocycles. The van der Waals surface area contributed by atoms with E-state index in [1.807, 2.05) is 51.1 Å². The maximum atomic E-state index is 6.05. The third kappa shape index (κ3) is 1.88. The molecular formula is C18H18BO3+. The van der Waals surface area contributed by atoms with E-state index in [-0.39, 0.29) is 0 Å². The van der Waals surface area contributed by atoms with Gasteiger partial charge in [-0.2, -0.15) is 0 Å². The molecule has 22 heavy (non-hydrogen) atoms. The normalized spacial score (nSPS) is 24.4. The lowest BCUT2D eigenvalue weighted by molar-refractivity contribution is 0.0262. The molecule has 0 saturated carbocycles. The van der Waals surface area contributed by atoms with Crippen molar-refractivity contribution in [2.24, 2.45) is 0 Å². The predicted octanol–water partition coefficient (Wildman–Crippen LogP) is 3.70. The summed E-state index contributed by atoms with van der Waals surface area (Å²) in [6, 6.07) is 14.1. The van der Waals surface area contributed by atoms with E-state index in [1.54, 1.807) is 0 Å². The van der Waals surface area contributed by atoms with Crippen LogP contribution in [0.15, 0.2) is 46.9 Å². The van der Waals surface area contributed by atoms with Gasteiger partial charge in [0.15, 0.2) is 0 Å². The van der Waals surface area contributed by atoms with Crippen molar-refractivity contribution in [1.29, 1.82) is 0 Å². The van der Waals surface area contributed by atoms with Crippen molar-refractivity contribution in [3.63, 3.8) is 0 Å². The summed E-state index contributed by atoms with van der Waals surface area (Å²) in [4.78, 5) is 0. The standard InChI is InChI=1S/C18H18BO3/c1-17(2)18(3,4)22-19(21-17)12-9-10-14-13-7-5-6-8-15(13)20-16(14)11-12/h5-11H,1H2,2-4H3/q+1. The van der Waals surface area contributed by atoms with E-state index >= 15 is 0 Å². The molecule has 3 nitrogen and oxygen atoms in total. The van der Waals surface area contributed by atoms with Gasteiger partial charge in [-0.25, -0.2) is 0 Å². The van der Waals surface area contributed by atoms with Gasteiger partial charge in [0.1, 0.15) is 16.8 Å². The second-order valence-corrected chi connectivity index (χ2v) is 6.66. The first-order valence-electron chi connectivity index (χ1n) is 7.50. The Morgan fingerprint density at radius 2 is 1.64 bits per heavy atom. The monoisotopic (exact) mass is 293 g/mol. The summed E-state index contributed by atoms with van der Waals surface area (Å²) >= 11 is 0. The van der Waals surface area contributed by atoms with Crippen molar-refractivity contribution in [1.82, 2.24) is 0 Å². The van der Waals surface area contributed by atoms with Gasteiger partial charge in [0.2, 0.25) is 5.60 Å². The van der Waals surface area contributed by atoms with Crippen molar-refractivity contribution in [2.75, 3.05) is 0 Å². The van der Waals surface area contributed by atoms with Crippen LogP contribution >= 0.6 is 0 Å². The van der Waals surface area contributed by atoms with E-state index in [4.69, 9.17) is 13.7 Å². The highest BCUT2D eigenvalue weighted by atomic mass is 16.7. The van der Waals surface area contributed by atoms with Crippen LogP contribution in [0.4, 0.5) is 0 Å². The van der Waals surface area contributed by atoms with Gasteiger partial charge < -0.3 is 13.7 Å². The Morgan fingerprint density at radius 3 is 2.36 bits per heavy atom. The Bertz CT molecular complexity index is 847. The minimum absolute atomic E-state index is 0.421. The lowest BCUT2D eigenvalue weighted by atomic mass is 9.79. The smallest absolute Gasteiger partial charge is 0.456 e. The molecule has 0 aliphatic carbocycles. The summed E-state index contributed by atoms with van der Waals surface area (Å²) in [5.74, 6) is 0. The molecule has 0 bridgehead atoms. The fourth-order valence-corrected chi connectivity index (χ4v) is 2.82. The highest BCUT2D eigenvalue weighted by molar-refractivity contribution is 6.62. The van der Waals surface area contributed by atoms with Crippen LogP contribution in [0.25, 0.3) is 21.9 Å². The maximum Gasteiger partial charge on any atom is 0.498 e. The van der Waals surface area contributed by atoms with Crippen molar-refractivity contribution in [2.45, 2.75) is 32.0 Å². The summed E-state index contributed by atoms with van der Waals surface area (Å²) < 4.78 is 18.0. The number of rotatable bonds is 1. The van der Waals surface area contributed by atoms with Crippen LogP contribution in [0.2, 0.25) is 0 Å². The third-order valence-electron chi connectivity index (χ3n) is 4.72. The highest BCUT2D eigenvalue weighted by Crippen LogP contribution is 2.36. The molecule has 1 aromatic heterocycles. The van der Waals surface area contributed by atoms with E-state index < -0.39 is 18.3 Å². The zero-order valence-electron chi connectivity index (χ0n) is 13.1. The lowest BCUT2D eigenvalue weighted by Gasteiger charge is -2.25. The first-order chi connectivity index (χ1) is 10.4. The molecule has 0 amide bonds. The Balaban J connectivity index is 1.79. The van der Waals surface area contributed by atoms with E-state index in [0.717, 1.165) is 27.4 Å². The van der Waals surface area contributed by atoms with Gasteiger partial charge >= 0.3 is 7.12 Å². The summed E-state index contributed by atoms with van der Waals surface area (Å²) in [5, 5.41) is 2.23. The number of hydrogen-bond donors (Lipinski definition) is 0. The predicted molar refractivity (Wildman–Crippen MR) is 89.1 cm³/mol. The molecule has 3 aromatic rings. The van der Waals surface area contributed by atoms with E-state index in [9.17, 15) is 0 Å². The zero-order chi connectivity index (χ0) is 15.5. The Labute approximate surface area is 130 Å². The van der Waals surface area contributed by atoms with Crippen LogP contribution in [-0.4, -0.2) is 18.3 Å². The average Bonchev–Trinajstić information content (AvgIpc) is 2.93. The molecule has 4 rings (SSSR count). The summed E-state index contributed by atoms with van der Waals surface area (Å²) in [6.45, 7) is 10.1. The van der Waals surface area contributed by atoms with Crippen LogP contribution in [0.5, 0.6) is 0 Å². The Kier molecular flexibility index (Phi) is 2.69. The number of hydrogen-bond acceptors (Lipinski definition) is 3. The van der Waals surface area contributed by atoms with Gasteiger partial charge in [-0.3, -0.25) is 0 Å². The fraction of sp³-hybridized carbons (Fsp3) is 0.278. The number of fused-ring (bicyclic) bond motifs is 3. The second kappa shape index (κ2) is 4.31. The molecule has 0 radical (unpaired) electrons. The van der Waals surface area contributed by atoms with E-state index in [0.29, 0.717) is 0 Å². The number of benzene rings is 2. The zero-order valence-corrected chi connectivity index (χ0v) is 13.1. The maximum absolute atomic E-state index is 6.05. The Hall–Kier alpha value is -1.91. The quantitative estimate of drug-likeness (QED) is 0.506. The van der Waals surface area contributed by atoms with Crippen LogP contribution in [-0.2, 0) is 9.31 Å². The van der Waals surface area contributed by atoms with Gasteiger partial charge in [-0.05, 0) is 31.4 Å². The molecule has 1 saturated heterocycles. The highest BCUT2D eigenvalue weighted by Gasteiger charge is 2.57. The van der Waals surface area contributed by atoms with Gasteiger partial charge in [0, 0.05) is 17.7 Å². The minimum atomic E-state index is -0.583.